The molecule has 1 saturated heterocycles. The van der Waals surface area contributed by atoms with Crippen molar-refractivity contribution in [1.29, 1.82) is 0 Å². The van der Waals surface area contributed by atoms with Crippen molar-refractivity contribution >= 4 is 18.3 Å². The van der Waals surface area contributed by atoms with E-state index in [1.807, 2.05) is 24.0 Å². The fourth-order valence-corrected chi connectivity index (χ4v) is 3.42. The lowest BCUT2D eigenvalue weighted by molar-refractivity contribution is 0.0644. The van der Waals surface area contributed by atoms with Gasteiger partial charge in [-0.1, -0.05) is 12.1 Å². The summed E-state index contributed by atoms with van der Waals surface area (Å²) in [6, 6.07) is 6.20. The summed E-state index contributed by atoms with van der Waals surface area (Å²) in [5.74, 6) is 0.108. The molecule has 26 heavy (non-hydrogen) atoms. The zero-order valence-electron chi connectivity index (χ0n) is 15.4. The van der Waals surface area contributed by atoms with E-state index in [1.165, 1.54) is 6.33 Å². The van der Waals surface area contributed by atoms with Crippen LogP contribution in [0, 0.1) is 13.8 Å². The van der Waals surface area contributed by atoms with Gasteiger partial charge in [0, 0.05) is 36.1 Å². The maximum Gasteiger partial charge on any atom is 0.254 e. The summed E-state index contributed by atoms with van der Waals surface area (Å²) >= 11 is 0. The van der Waals surface area contributed by atoms with Gasteiger partial charge in [-0.25, -0.2) is 9.97 Å². The van der Waals surface area contributed by atoms with E-state index in [1.54, 1.807) is 12.4 Å². The molecule has 6 heteroatoms. The van der Waals surface area contributed by atoms with Crippen molar-refractivity contribution in [3.63, 3.8) is 0 Å². The second-order valence-corrected chi connectivity index (χ2v) is 6.76. The molecule has 1 amide bonds. The van der Waals surface area contributed by atoms with Gasteiger partial charge >= 0.3 is 0 Å². The molecular formula is C20H27ClN4O. The van der Waals surface area contributed by atoms with Gasteiger partial charge in [0.25, 0.3) is 5.91 Å². The number of hydrogen-bond donors (Lipinski definition) is 1. The van der Waals surface area contributed by atoms with Crippen molar-refractivity contribution in [1.82, 2.24) is 20.2 Å². The quantitative estimate of drug-likeness (QED) is 0.892. The number of halogens is 1. The van der Waals surface area contributed by atoms with E-state index >= 15 is 0 Å². The molecule has 3 rings (SSSR count). The summed E-state index contributed by atoms with van der Waals surface area (Å²) in [4.78, 5) is 23.6. The molecule has 5 nitrogen and oxygen atoms in total. The van der Waals surface area contributed by atoms with Crippen LogP contribution in [-0.2, 0) is 6.54 Å². The summed E-state index contributed by atoms with van der Waals surface area (Å²) in [6.45, 7) is 6.61. The molecule has 0 aliphatic carbocycles. The fourth-order valence-electron chi connectivity index (χ4n) is 3.42. The predicted molar refractivity (Wildman–Crippen MR) is 106 cm³/mol. The lowest BCUT2D eigenvalue weighted by Gasteiger charge is -2.32. The smallest absolute Gasteiger partial charge is 0.254 e. The van der Waals surface area contributed by atoms with Gasteiger partial charge in [-0.15, -0.1) is 12.4 Å². The monoisotopic (exact) mass is 374 g/mol. The molecule has 1 aromatic heterocycles. The molecule has 0 saturated carbocycles. The van der Waals surface area contributed by atoms with E-state index in [0.29, 0.717) is 6.54 Å². The Morgan fingerprint density at radius 2 is 1.96 bits per heavy atom. The van der Waals surface area contributed by atoms with E-state index in [2.05, 4.69) is 28.3 Å². The van der Waals surface area contributed by atoms with Crippen LogP contribution in [0.2, 0.25) is 0 Å². The van der Waals surface area contributed by atoms with Crippen molar-refractivity contribution < 1.29 is 4.79 Å². The Bertz CT molecular complexity index is 715. The minimum atomic E-state index is 0. The molecule has 1 aliphatic heterocycles. The Kier molecular flexibility index (Phi) is 7.54. The van der Waals surface area contributed by atoms with Crippen LogP contribution < -0.4 is 5.32 Å². The maximum absolute atomic E-state index is 13.4. The van der Waals surface area contributed by atoms with E-state index in [0.717, 1.165) is 54.6 Å². The maximum atomic E-state index is 13.4. The summed E-state index contributed by atoms with van der Waals surface area (Å²) in [7, 11) is 0. The van der Waals surface area contributed by atoms with Crippen LogP contribution in [0.5, 0.6) is 0 Å². The Morgan fingerprint density at radius 1 is 1.19 bits per heavy atom. The average Bonchev–Trinajstić information content (AvgIpc) is 2.92. The zero-order valence-corrected chi connectivity index (χ0v) is 16.3. The van der Waals surface area contributed by atoms with E-state index in [-0.39, 0.29) is 24.4 Å². The van der Waals surface area contributed by atoms with Crippen LogP contribution in [0.4, 0.5) is 0 Å². The Balaban J connectivity index is 0.00000243. The number of hydrogen-bond acceptors (Lipinski definition) is 4. The first-order chi connectivity index (χ1) is 12.2. The van der Waals surface area contributed by atoms with Gasteiger partial charge in [0.2, 0.25) is 0 Å². The molecule has 0 radical (unpaired) electrons. The summed E-state index contributed by atoms with van der Waals surface area (Å²) in [5.41, 5.74) is 3.98. The third-order valence-corrected chi connectivity index (χ3v) is 5.05. The van der Waals surface area contributed by atoms with Gasteiger partial charge in [-0.2, -0.15) is 0 Å². The standard InChI is InChI=1S/C20H26N4O.ClH/c1-15-5-3-7-19(16(15)2)20(25)24(13-17-11-22-14-23-12-17)18-6-4-9-21-10-8-18;/h3,5,7,11-12,14,18,21H,4,6,8-10,13H2,1-2H3;1H. The van der Waals surface area contributed by atoms with Crippen LogP contribution in [0.25, 0.3) is 0 Å². The van der Waals surface area contributed by atoms with Crippen molar-refractivity contribution in [3.8, 4) is 0 Å². The number of nitrogens with one attached hydrogen (secondary N) is 1. The number of aryl methyl sites for hydroxylation is 1. The van der Waals surface area contributed by atoms with E-state index < -0.39 is 0 Å². The normalized spacial score (nSPS) is 17.1. The number of benzene rings is 1. The average molecular weight is 375 g/mol. The van der Waals surface area contributed by atoms with Crippen molar-refractivity contribution in [2.45, 2.75) is 45.7 Å². The van der Waals surface area contributed by atoms with Gasteiger partial charge in [0.15, 0.2) is 0 Å². The Hall–Kier alpha value is -1.98. The Labute approximate surface area is 161 Å². The number of carbonyl (C=O) groups is 1. The van der Waals surface area contributed by atoms with Gasteiger partial charge < -0.3 is 10.2 Å². The van der Waals surface area contributed by atoms with Gasteiger partial charge in [-0.3, -0.25) is 4.79 Å². The predicted octanol–water partition coefficient (Wildman–Crippen LogP) is 3.30. The lowest BCUT2D eigenvalue weighted by atomic mass is 10.00. The van der Waals surface area contributed by atoms with Gasteiger partial charge in [0.1, 0.15) is 6.33 Å². The number of aromatic nitrogens is 2. The molecule has 1 aromatic carbocycles. The Morgan fingerprint density at radius 3 is 2.73 bits per heavy atom. The minimum absolute atomic E-state index is 0. The highest BCUT2D eigenvalue weighted by atomic mass is 35.5. The summed E-state index contributed by atoms with van der Waals surface area (Å²) < 4.78 is 0. The molecule has 1 atom stereocenters. The zero-order chi connectivity index (χ0) is 17.6. The highest BCUT2D eigenvalue weighted by Gasteiger charge is 2.27. The first-order valence-corrected chi connectivity index (χ1v) is 8.98. The molecule has 1 fully saturated rings. The van der Waals surface area contributed by atoms with E-state index in [4.69, 9.17) is 0 Å². The molecule has 2 aromatic rings. The largest absolute Gasteiger partial charge is 0.331 e. The topological polar surface area (TPSA) is 58.1 Å². The van der Waals surface area contributed by atoms with Crippen LogP contribution in [0.1, 0.15) is 46.3 Å². The van der Waals surface area contributed by atoms with Crippen molar-refractivity contribution in [3.05, 3.63) is 59.2 Å². The number of carbonyl (C=O) groups excluding carboxylic acids is 1. The highest BCUT2D eigenvalue weighted by Crippen LogP contribution is 2.22. The number of nitrogens with zero attached hydrogens (tertiary/aromatic N) is 3. The minimum Gasteiger partial charge on any atom is -0.331 e. The fraction of sp³-hybridized carbons (Fsp3) is 0.450. The third kappa shape index (κ3) is 4.80. The third-order valence-electron chi connectivity index (χ3n) is 5.05. The molecule has 0 spiro atoms. The van der Waals surface area contributed by atoms with Crippen LogP contribution >= 0.6 is 12.4 Å². The molecule has 1 N–H and O–H groups in total. The number of amides is 1. The highest BCUT2D eigenvalue weighted by molar-refractivity contribution is 5.96. The molecule has 1 unspecified atom stereocenters. The lowest BCUT2D eigenvalue weighted by Crippen LogP contribution is -2.40. The molecule has 0 bridgehead atoms. The van der Waals surface area contributed by atoms with Gasteiger partial charge in [0.05, 0.1) is 0 Å². The molecule has 2 heterocycles. The molecule has 140 valence electrons. The first kappa shape index (κ1) is 20.3. The first-order valence-electron chi connectivity index (χ1n) is 8.98. The van der Waals surface area contributed by atoms with Crippen LogP contribution in [0.15, 0.2) is 36.9 Å². The van der Waals surface area contributed by atoms with Crippen molar-refractivity contribution in [2.75, 3.05) is 13.1 Å². The summed E-state index contributed by atoms with van der Waals surface area (Å²) in [5, 5.41) is 3.43. The van der Waals surface area contributed by atoms with E-state index in [9.17, 15) is 4.79 Å². The van der Waals surface area contributed by atoms with Crippen molar-refractivity contribution in [2.24, 2.45) is 0 Å². The SMILES string of the molecule is Cc1cccc(C(=O)N(Cc2cncnc2)C2CCCNCC2)c1C.Cl. The van der Waals surface area contributed by atoms with Gasteiger partial charge in [-0.05, 0) is 63.4 Å². The second-order valence-electron chi connectivity index (χ2n) is 6.76. The molecular weight excluding hydrogens is 348 g/mol. The van der Waals surface area contributed by atoms with Crippen LogP contribution in [-0.4, -0.2) is 39.9 Å². The second kappa shape index (κ2) is 9.64. The summed E-state index contributed by atoms with van der Waals surface area (Å²) in [6.07, 6.45) is 8.21. The van der Waals surface area contributed by atoms with Crippen LogP contribution in [0.3, 0.4) is 0 Å². The number of rotatable bonds is 4. The molecule has 1 aliphatic rings.